The molecule has 0 aliphatic rings. The predicted octanol–water partition coefficient (Wildman–Crippen LogP) is 1.58. The van der Waals surface area contributed by atoms with Gasteiger partial charge in [-0.05, 0) is 26.0 Å². The summed E-state index contributed by atoms with van der Waals surface area (Å²) < 4.78 is 1.69. The van der Waals surface area contributed by atoms with E-state index in [2.05, 4.69) is 35.7 Å². The van der Waals surface area contributed by atoms with Gasteiger partial charge in [-0.15, -0.1) is 10.2 Å². The maximum atomic E-state index is 4.52. The molecule has 9 heteroatoms. The molecule has 0 saturated carbocycles. The quantitative estimate of drug-likeness (QED) is 0.582. The number of aromatic amines is 2. The van der Waals surface area contributed by atoms with Crippen LogP contribution in [0, 0.1) is 13.8 Å². The highest BCUT2D eigenvalue weighted by Crippen LogP contribution is 2.26. The van der Waals surface area contributed by atoms with Crippen LogP contribution in [-0.2, 0) is 0 Å². The third-order valence-electron chi connectivity index (χ3n) is 2.85. The van der Waals surface area contributed by atoms with Crippen molar-refractivity contribution in [3.05, 3.63) is 23.5 Å². The zero-order chi connectivity index (χ0) is 13.7. The predicted molar refractivity (Wildman–Crippen MR) is 73.3 cm³/mol. The molecule has 0 bridgehead atoms. The van der Waals surface area contributed by atoms with Gasteiger partial charge in [0, 0.05) is 11.4 Å². The van der Waals surface area contributed by atoms with Crippen molar-refractivity contribution in [2.45, 2.75) is 13.8 Å². The summed E-state index contributed by atoms with van der Waals surface area (Å²) in [6.07, 6.45) is 0. The lowest BCUT2D eigenvalue weighted by atomic mass is 10.3. The lowest BCUT2D eigenvalue weighted by molar-refractivity contribution is 0.946. The lowest BCUT2D eigenvalue weighted by Crippen LogP contribution is -1.91. The van der Waals surface area contributed by atoms with E-state index in [1.165, 1.54) is 11.3 Å². The summed E-state index contributed by atoms with van der Waals surface area (Å²) in [5, 5.41) is 27.8. The van der Waals surface area contributed by atoms with Crippen molar-refractivity contribution in [1.29, 1.82) is 0 Å². The second-order valence-electron chi connectivity index (χ2n) is 4.50. The molecule has 0 unspecified atom stereocenters. The summed E-state index contributed by atoms with van der Waals surface area (Å²) >= 11 is 1.44. The average Bonchev–Trinajstić information content (AvgIpc) is 3.11. The standard InChI is InChI=1S/C11H10N8S/c1-5-3-7(14-12-5)9-16-17-11-19(9)18-10(20-11)8-4-6(2)13-15-8/h3-4H,1-2H3,(H,12,14)(H,13,15). The van der Waals surface area contributed by atoms with Crippen LogP contribution in [0.5, 0.6) is 0 Å². The SMILES string of the molecule is Cc1cc(-c2nn3c(-c4cc(C)[nH]n4)nnc3s2)n[nH]1. The molecule has 0 spiro atoms. The minimum Gasteiger partial charge on any atom is -0.282 e. The van der Waals surface area contributed by atoms with Crippen LogP contribution in [0.25, 0.3) is 27.2 Å². The monoisotopic (exact) mass is 286 g/mol. The molecule has 0 amide bonds. The molecule has 0 aliphatic carbocycles. The Kier molecular flexibility index (Phi) is 2.24. The molecule has 0 aromatic carbocycles. The average molecular weight is 286 g/mol. The maximum Gasteiger partial charge on any atom is 0.235 e. The van der Waals surface area contributed by atoms with E-state index in [-0.39, 0.29) is 0 Å². The van der Waals surface area contributed by atoms with Crippen LogP contribution in [0.15, 0.2) is 12.1 Å². The van der Waals surface area contributed by atoms with Crippen LogP contribution < -0.4 is 0 Å². The first kappa shape index (κ1) is 11.3. The van der Waals surface area contributed by atoms with Gasteiger partial charge in [-0.25, -0.2) is 0 Å². The molecule has 100 valence electrons. The Hall–Kier alpha value is -2.55. The van der Waals surface area contributed by atoms with Gasteiger partial charge in [-0.1, -0.05) is 11.3 Å². The fraction of sp³-hybridized carbons (Fsp3) is 0.182. The zero-order valence-electron chi connectivity index (χ0n) is 10.7. The van der Waals surface area contributed by atoms with E-state index < -0.39 is 0 Å². The number of nitrogens with zero attached hydrogens (tertiary/aromatic N) is 6. The van der Waals surface area contributed by atoms with E-state index in [1.807, 2.05) is 26.0 Å². The van der Waals surface area contributed by atoms with Crippen molar-refractivity contribution in [1.82, 2.24) is 40.2 Å². The highest BCUT2D eigenvalue weighted by Gasteiger charge is 2.17. The summed E-state index contributed by atoms with van der Waals surface area (Å²) in [5.74, 6) is 0.624. The number of fused-ring (bicyclic) bond motifs is 1. The Bertz CT molecular complexity index is 895. The molecule has 0 saturated heterocycles. The lowest BCUT2D eigenvalue weighted by Gasteiger charge is -1.89. The molecule has 4 aromatic heterocycles. The van der Waals surface area contributed by atoms with Crippen molar-refractivity contribution >= 4 is 16.3 Å². The van der Waals surface area contributed by atoms with Crippen molar-refractivity contribution in [3.63, 3.8) is 0 Å². The molecular formula is C11H10N8S. The van der Waals surface area contributed by atoms with Gasteiger partial charge >= 0.3 is 0 Å². The van der Waals surface area contributed by atoms with Gasteiger partial charge < -0.3 is 0 Å². The first-order chi connectivity index (χ1) is 9.70. The van der Waals surface area contributed by atoms with E-state index >= 15 is 0 Å². The van der Waals surface area contributed by atoms with E-state index in [0.29, 0.717) is 5.82 Å². The molecule has 8 nitrogen and oxygen atoms in total. The third-order valence-corrected chi connectivity index (χ3v) is 3.77. The Morgan fingerprint density at radius 3 is 2.35 bits per heavy atom. The van der Waals surface area contributed by atoms with E-state index in [4.69, 9.17) is 0 Å². The highest BCUT2D eigenvalue weighted by molar-refractivity contribution is 7.19. The van der Waals surface area contributed by atoms with E-state index in [1.54, 1.807) is 4.52 Å². The molecule has 0 fully saturated rings. The van der Waals surface area contributed by atoms with Gasteiger partial charge in [0.15, 0.2) is 5.01 Å². The third kappa shape index (κ3) is 1.63. The number of aromatic nitrogens is 8. The van der Waals surface area contributed by atoms with Gasteiger partial charge in [0.05, 0.1) is 0 Å². The molecule has 20 heavy (non-hydrogen) atoms. The van der Waals surface area contributed by atoms with Crippen molar-refractivity contribution in [2.75, 3.05) is 0 Å². The molecule has 4 heterocycles. The normalized spacial score (nSPS) is 11.5. The largest absolute Gasteiger partial charge is 0.282 e. The minimum atomic E-state index is 0.624. The van der Waals surface area contributed by atoms with Crippen LogP contribution >= 0.6 is 11.3 Å². The molecule has 0 radical (unpaired) electrons. The summed E-state index contributed by atoms with van der Waals surface area (Å²) in [7, 11) is 0. The van der Waals surface area contributed by atoms with Gasteiger partial charge in [-0.3, -0.25) is 10.2 Å². The van der Waals surface area contributed by atoms with Crippen LogP contribution in [-0.4, -0.2) is 40.2 Å². The highest BCUT2D eigenvalue weighted by atomic mass is 32.1. The first-order valence-electron chi connectivity index (χ1n) is 5.98. The van der Waals surface area contributed by atoms with Crippen LogP contribution in [0.1, 0.15) is 11.4 Å². The Morgan fingerprint density at radius 1 is 1.00 bits per heavy atom. The van der Waals surface area contributed by atoms with Gasteiger partial charge in [-0.2, -0.15) is 19.8 Å². The number of H-pyrrole nitrogens is 2. The van der Waals surface area contributed by atoms with Crippen molar-refractivity contribution < 1.29 is 0 Å². The number of aryl methyl sites for hydroxylation is 2. The van der Waals surface area contributed by atoms with E-state index in [0.717, 1.165) is 32.7 Å². The summed E-state index contributed by atoms with van der Waals surface area (Å²) in [5.41, 5.74) is 3.50. The van der Waals surface area contributed by atoms with Crippen molar-refractivity contribution in [3.8, 4) is 22.2 Å². The van der Waals surface area contributed by atoms with Crippen molar-refractivity contribution in [2.24, 2.45) is 0 Å². The van der Waals surface area contributed by atoms with Gasteiger partial charge in [0.25, 0.3) is 0 Å². The molecule has 2 N–H and O–H groups in total. The van der Waals surface area contributed by atoms with E-state index in [9.17, 15) is 0 Å². The number of nitrogens with one attached hydrogen (secondary N) is 2. The smallest absolute Gasteiger partial charge is 0.235 e. The minimum absolute atomic E-state index is 0.624. The van der Waals surface area contributed by atoms with Gasteiger partial charge in [0.1, 0.15) is 11.4 Å². The molecule has 4 aromatic rings. The topological polar surface area (TPSA) is 100 Å². The zero-order valence-corrected chi connectivity index (χ0v) is 11.6. The molecule has 0 aliphatic heterocycles. The first-order valence-corrected chi connectivity index (χ1v) is 6.79. The van der Waals surface area contributed by atoms with Crippen LogP contribution in [0.3, 0.4) is 0 Å². The van der Waals surface area contributed by atoms with Crippen LogP contribution in [0.4, 0.5) is 0 Å². The maximum absolute atomic E-state index is 4.52. The second-order valence-corrected chi connectivity index (χ2v) is 5.45. The fourth-order valence-corrected chi connectivity index (χ4v) is 2.74. The number of hydrogen-bond acceptors (Lipinski definition) is 6. The van der Waals surface area contributed by atoms with Crippen LogP contribution in [0.2, 0.25) is 0 Å². The second kappa shape index (κ2) is 3.97. The number of hydrogen-bond donors (Lipinski definition) is 2. The Morgan fingerprint density at radius 2 is 1.70 bits per heavy atom. The Balaban J connectivity index is 1.86. The molecule has 0 atom stereocenters. The Labute approximate surface area is 116 Å². The summed E-state index contributed by atoms with van der Waals surface area (Å²) in [4.78, 5) is 0.719. The molecular weight excluding hydrogens is 276 g/mol. The summed E-state index contributed by atoms with van der Waals surface area (Å²) in [6, 6.07) is 3.86. The van der Waals surface area contributed by atoms with Gasteiger partial charge in [0.2, 0.25) is 10.8 Å². The fourth-order valence-electron chi connectivity index (χ4n) is 1.94. The summed E-state index contributed by atoms with van der Waals surface area (Å²) in [6.45, 7) is 3.89. The number of rotatable bonds is 2. The molecule has 4 rings (SSSR count).